The molecule has 3 N–H and O–H groups in total. The molecule has 2 aliphatic heterocycles. The van der Waals surface area contributed by atoms with Crippen molar-refractivity contribution in [3.63, 3.8) is 0 Å². The van der Waals surface area contributed by atoms with E-state index in [4.69, 9.17) is 4.74 Å². The second kappa shape index (κ2) is 9.03. The third-order valence-corrected chi connectivity index (χ3v) is 5.19. The summed E-state index contributed by atoms with van der Waals surface area (Å²) in [5, 5.41) is 9.45. The average Bonchev–Trinajstić information content (AvgIpc) is 3.29. The van der Waals surface area contributed by atoms with Crippen LogP contribution < -0.4 is 16.0 Å². The molecule has 2 fully saturated rings. The third kappa shape index (κ3) is 4.79. The van der Waals surface area contributed by atoms with Crippen molar-refractivity contribution in [2.45, 2.75) is 19.3 Å². The van der Waals surface area contributed by atoms with Crippen LogP contribution in [0, 0.1) is 11.8 Å². The second-order valence-corrected chi connectivity index (χ2v) is 7.19. The van der Waals surface area contributed by atoms with Gasteiger partial charge in [0.05, 0.1) is 17.3 Å². The molecule has 1 unspecified atom stereocenters. The number of hydrogen-bond acceptors (Lipinski definition) is 8. The summed E-state index contributed by atoms with van der Waals surface area (Å²) >= 11 is 0. The van der Waals surface area contributed by atoms with Crippen LogP contribution in [0.1, 0.15) is 19.3 Å². The van der Waals surface area contributed by atoms with Gasteiger partial charge in [0.1, 0.15) is 24.3 Å². The lowest BCUT2D eigenvalue weighted by Gasteiger charge is -2.22. The van der Waals surface area contributed by atoms with E-state index in [0.717, 1.165) is 51.4 Å². The summed E-state index contributed by atoms with van der Waals surface area (Å²) in [5.41, 5.74) is 1.33. The minimum atomic E-state index is -0.0174. The molecule has 2 aromatic rings. The summed E-state index contributed by atoms with van der Waals surface area (Å²) in [4.78, 5) is 29.4. The zero-order valence-corrected chi connectivity index (χ0v) is 15.7. The Balaban J connectivity index is 1.41. The molecule has 9 heteroatoms. The van der Waals surface area contributed by atoms with Gasteiger partial charge in [-0.3, -0.25) is 4.79 Å². The number of rotatable bonds is 6. The van der Waals surface area contributed by atoms with E-state index >= 15 is 0 Å². The van der Waals surface area contributed by atoms with Gasteiger partial charge in [-0.2, -0.15) is 0 Å². The van der Waals surface area contributed by atoms with E-state index in [2.05, 4.69) is 35.9 Å². The molecule has 1 atom stereocenters. The van der Waals surface area contributed by atoms with Crippen molar-refractivity contribution in [3.05, 3.63) is 24.8 Å². The van der Waals surface area contributed by atoms with Gasteiger partial charge in [-0.05, 0) is 31.7 Å². The van der Waals surface area contributed by atoms with Gasteiger partial charge >= 0.3 is 0 Å². The summed E-state index contributed by atoms with van der Waals surface area (Å²) < 4.78 is 5.40. The van der Waals surface area contributed by atoms with Gasteiger partial charge in [-0.15, -0.1) is 0 Å². The van der Waals surface area contributed by atoms with Crippen molar-refractivity contribution in [1.29, 1.82) is 0 Å². The molecular weight excluding hydrogens is 358 g/mol. The molecule has 0 aromatic carbocycles. The minimum Gasteiger partial charge on any atom is -0.381 e. The van der Waals surface area contributed by atoms with E-state index in [-0.39, 0.29) is 11.8 Å². The molecule has 0 spiro atoms. The molecule has 2 aliphatic rings. The van der Waals surface area contributed by atoms with E-state index in [0.29, 0.717) is 29.7 Å². The highest BCUT2D eigenvalue weighted by Gasteiger charge is 2.22. The molecule has 9 nitrogen and oxygen atoms in total. The summed E-state index contributed by atoms with van der Waals surface area (Å²) in [5.74, 6) is 1.81. The largest absolute Gasteiger partial charge is 0.381 e. The predicted molar refractivity (Wildman–Crippen MR) is 105 cm³/mol. The number of nitrogens with one attached hydrogen (secondary N) is 3. The maximum Gasteiger partial charge on any atom is 0.229 e. The minimum absolute atomic E-state index is 0.0153. The van der Waals surface area contributed by atoms with Crippen LogP contribution in [-0.4, -0.2) is 58.7 Å². The summed E-state index contributed by atoms with van der Waals surface area (Å²) in [6.45, 7) is 4.09. The first kappa shape index (κ1) is 18.7. The average molecular weight is 383 g/mol. The van der Waals surface area contributed by atoms with Crippen LogP contribution >= 0.6 is 0 Å². The van der Waals surface area contributed by atoms with Gasteiger partial charge in [0.25, 0.3) is 0 Å². The smallest absolute Gasteiger partial charge is 0.229 e. The zero-order chi connectivity index (χ0) is 19.2. The van der Waals surface area contributed by atoms with Crippen LogP contribution in [-0.2, 0) is 9.53 Å². The quantitative estimate of drug-likeness (QED) is 0.684. The molecule has 0 radical (unpaired) electrons. The normalized spacial score (nSPS) is 20.1. The van der Waals surface area contributed by atoms with Crippen molar-refractivity contribution < 1.29 is 9.53 Å². The van der Waals surface area contributed by atoms with E-state index in [1.54, 1.807) is 6.07 Å². The van der Waals surface area contributed by atoms with Crippen LogP contribution in [0.3, 0.4) is 0 Å². The van der Waals surface area contributed by atoms with Crippen LogP contribution in [0.5, 0.6) is 0 Å². The number of amides is 1. The van der Waals surface area contributed by atoms with E-state index in [1.165, 1.54) is 12.7 Å². The topological polar surface area (TPSA) is 114 Å². The number of aromatic nitrogens is 4. The van der Waals surface area contributed by atoms with Crippen molar-refractivity contribution in [1.82, 2.24) is 25.3 Å². The van der Waals surface area contributed by atoms with Crippen molar-refractivity contribution in [2.24, 2.45) is 11.8 Å². The highest BCUT2D eigenvalue weighted by Crippen LogP contribution is 2.20. The van der Waals surface area contributed by atoms with Gasteiger partial charge in [0.15, 0.2) is 0 Å². The van der Waals surface area contributed by atoms with Crippen LogP contribution in [0.25, 0.3) is 11.4 Å². The Morgan fingerprint density at radius 2 is 1.75 bits per heavy atom. The summed E-state index contributed by atoms with van der Waals surface area (Å²) in [6, 6.07) is 3.61. The summed E-state index contributed by atoms with van der Waals surface area (Å²) in [6.07, 6.45) is 5.94. The van der Waals surface area contributed by atoms with Crippen LogP contribution in [0.2, 0.25) is 0 Å². The highest BCUT2D eigenvalue weighted by atomic mass is 16.5. The number of carbonyl (C=O) groups excluding carboxylic acids is 1. The Morgan fingerprint density at radius 3 is 2.46 bits per heavy atom. The van der Waals surface area contributed by atoms with Gasteiger partial charge in [-0.25, -0.2) is 19.9 Å². The summed E-state index contributed by atoms with van der Waals surface area (Å²) in [7, 11) is 0. The fraction of sp³-hybridized carbons (Fsp3) is 0.526. The number of hydrogen-bond donors (Lipinski definition) is 3. The Morgan fingerprint density at radius 1 is 1.04 bits per heavy atom. The molecule has 4 rings (SSSR count). The number of carbonyl (C=O) groups is 1. The fourth-order valence-electron chi connectivity index (χ4n) is 3.47. The van der Waals surface area contributed by atoms with Crippen molar-refractivity contribution in [2.75, 3.05) is 43.5 Å². The molecular formula is C19H25N7O2. The molecule has 148 valence electrons. The number of nitrogens with zero attached hydrogens (tertiary/aromatic N) is 4. The monoisotopic (exact) mass is 383 g/mol. The van der Waals surface area contributed by atoms with Gasteiger partial charge < -0.3 is 20.7 Å². The van der Waals surface area contributed by atoms with Crippen LogP contribution in [0.15, 0.2) is 24.8 Å². The Bertz CT molecular complexity index is 804. The SMILES string of the molecule is O=C(Nc1cc(-c2cc(NCC3CCOCC3)ncn2)ncn1)C1CCNC1. The number of anilines is 2. The molecule has 0 aliphatic carbocycles. The lowest BCUT2D eigenvalue weighted by atomic mass is 10.0. The lowest BCUT2D eigenvalue weighted by Crippen LogP contribution is -2.25. The molecule has 1 amide bonds. The first-order valence-electron chi connectivity index (χ1n) is 9.75. The molecule has 0 bridgehead atoms. The van der Waals surface area contributed by atoms with Gasteiger partial charge in [0, 0.05) is 38.4 Å². The molecule has 2 saturated heterocycles. The molecule has 28 heavy (non-hydrogen) atoms. The Kier molecular flexibility index (Phi) is 6.03. The van der Waals surface area contributed by atoms with Crippen molar-refractivity contribution >= 4 is 17.5 Å². The van der Waals surface area contributed by atoms with Crippen molar-refractivity contribution in [3.8, 4) is 11.4 Å². The van der Waals surface area contributed by atoms with E-state index in [1.807, 2.05) is 6.07 Å². The van der Waals surface area contributed by atoms with Crippen LogP contribution in [0.4, 0.5) is 11.6 Å². The fourth-order valence-corrected chi connectivity index (χ4v) is 3.47. The first-order chi connectivity index (χ1) is 13.8. The molecule has 4 heterocycles. The molecule has 2 aromatic heterocycles. The third-order valence-electron chi connectivity index (χ3n) is 5.19. The van der Waals surface area contributed by atoms with Gasteiger partial charge in [-0.1, -0.05) is 0 Å². The maximum atomic E-state index is 12.3. The Labute approximate surface area is 163 Å². The zero-order valence-electron chi connectivity index (χ0n) is 15.7. The lowest BCUT2D eigenvalue weighted by molar-refractivity contribution is -0.119. The van der Waals surface area contributed by atoms with E-state index in [9.17, 15) is 4.79 Å². The highest BCUT2D eigenvalue weighted by molar-refractivity contribution is 5.92. The van der Waals surface area contributed by atoms with E-state index < -0.39 is 0 Å². The predicted octanol–water partition coefficient (Wildman–Crippen LogP) is 1.32. The maximum absolute atomic E-state index is 12.3. The standard InChI is InChI=1S/C19H25N7O2/c27-19(14-1-4-20-10-14)26-18-8-16(23-12-25-18)15-7-17(24-11-22-15)21-9-13-2-5-28-6-3-13/h7-8,11-14,20H,1-6,9-10H2,(H,21,22,24)(H,23,25,26,27). The Hall–Kier alpha value is -2.65. The second-order valence-electron chi connectivity index (χ2n) is 7.19. The first-order valence-corrected chi connectivity index (χ1v) is 9.75. The molecule has 0 saturated carbocycles. The number of ether oxygens (including phenoxy) is 1. The van der Waals surface area contributed by atoms with Gasteiger partial charge in [0.2, 0.25) is 5.91 Å².